The molecule has 2 aromatic rings. The maximum atomic E-state index is 6.19. The largest absolute Gasteiger partial charge is 0.313 e. The number of benzene rings is 2. The van der Waals surface area contributed by atoms with Crippen LogP contribution in [0.3, 0.4) is 0 Å². The van der Waals surface area contributed by atoms with Crippen LogP contribution in [0.2, 0.25) is 10.0 Å². The highest BCUT2D eigenvalue weighted by Gasteiger charge is 2.07. The Balaban J connectivity index is 2.19. The molecule has 0 aromatic heterocycles. The number of nitrogens with one attached hydrogen (secondary N) is 1. The Morgan fingerprint density at radius 2 is 1.90 bits per heavy atom. The van der Waals surface area contributed by atoms with Gasteiger partial charge in [0.05, 0.1) is 5.02 Å². The molecular weight excluding hydrogens is 377 g/mol. The summed E-state index contributed by atoms with van der Waals surface area (Å²) in [7, 11) is 0. The third-order valence-corrected chi connectivity index (χ3v) is 5.42. The Morgan fingerprint density at radius 3 is 2.60 bits per heavy atom. The lowest BCUT2D eigenvalue weighted by molar-refractivity contribution is 0.726. The molecule has 0 aliphatic carbocycles. The molecule has 20 heavy (non-hydrogen) atoms. The second-order valence-corrected chi connectivity index (χ2v) is 7.00. The van der Waals surface area contributed by atoms with Crippen LogP contribution in [0.1, 0.15) is 12.5 Å². The summed E-state index contributed by atoms with van der Waals surface area (Å²) in [4.78, 5) is 2.08. The highest BCUT2D eigenvalue weighted by atomic mass is 79.9. The monoisotopic (exact) mass is 389 g/mol. The van der Waals surface area contributed by atoms with Crippen molar-refractivity contribution in [3.05, 3.63) is 56.5 Å². The standard InChI is InChI=1S/C15H14BrCl2NS/c1-2-19-9-10-3-6-14(12(16)7-10)20-15-8-11(17)4-5-13(15)18/h3-8,19H,2,9H2,1H3. The van der Waals surface area contributed by atoms with E-state index in [1.54, 1.807) is 17.8 Å². The lowest BCUT2D eigenvalue weighted by Gasteiger charge is -2.09. The molecule has 0 aliphatic heterocycles. The molecule has 0 bridgehead atoms. The fourth-order valence-corrected chi connectivity index (χ4v) is 3.70. The minimum Gasteiger partial charge on any atom is -0.313 e. The van der Waals surface area contributed by atoms with Gasteiger partial charge in [-0.25, -0.2) is 0 Å². The molecule has 1 N–H and O–H groups in total. The van der Waals surface area contributed by atoms with Crippen LogP contribution in [0.4, 0.5) is 0 Å². The van der Waals surface area contributed by atoms with Crippen molar-refractivity contribution >= 4 is 50.9 Å². The van der Waals surface area contributed by atoms with Gasteiger partial charge in [0, 0.05) is 25.8 Å². The number of halogens is 3. The lowest BCUT2D eigenvalue weighted by Crippen LogP contribution is -2.11. The van der Waals surface area contributed by atoms with Crippen molar-refractivity contribution < 1.29 is 0 Å². The first-order chi connectivity index (χ1) is 9.60. The maximum Gasteiger partial charge on any atom is 0.0546 e. The lowest BCUT2D eigenvalue weighted by atomic mass is 10.2. The average molecular weight is 391 g/mol. The van der Waals surface area contributed by atoms with E-state index in [2.05, 4.69) is 46.4 Å². The van der Waals surface area contributed by atoms with Crippen LogP contribution in [0, 0.1) is 0 Å². The average Bonchev–Trinajstić information content (AvgIpc) is 2.43. The summed E-state index contributed by atoms with van der Waals surface area (Å²) in [5.41, 5.74) is 1.25. The van der Waals surface area contributed by atoms with Gasteiger partial charge < -0.3 is 5.32 Å². The molecule has 0 atom stereocenters. The van der Waals surface area contributed by atoms with E-state index in [1.165, 1.54) is 5.56 Å². The Hall–Kier alpha value is -0.190. The van der Waals surface area contributed by atoms with Gasteiger partial charge in [-0.2, -0.15) is 0 Å². The van der Waals surface area contributed by atoms with E-state index in [9.17, 15) is 0 Å². The molecule has 2 aromatic carbocycles. The normalized spacial score (nSPS) is 10.8. The zero-order valence-electron chi connectivity index (χ0n) is 10.9. The summed E-state index contributed by atoms with van der Waals surface area (Å²) in [5.74, 6) is 0. The number of rotatable bonds is 5. The van der Waals surface area contributed by atoms with Gasteiger partial charge in [0.25, 0.3) is 0 Å². The fourth-order valence-electron chi connectivity index (χ4n) is 1.68. The van der Waals surface area contributed by atoms with E-state index >= 15 is 0 Å². The number of hydrogen-bond acceptors (Lipinski definition) is 2. The molecule has 0 spiro atoms. The molecule has 5 heteroatoms. The SMILES string of the molecule is CCNCc1ccc(Sc2cc(Cl)ccc2Cl)c(Br)c1. The minimum atomic E-state index is 0.691. The predicted octanol–water partition coefficient (Wildman–Crippen LogP) is 6.02. The van der Waals surface area contributed by atoms with E-state index in [0.717, 1.165) is 27.4 Å². The van der Waals surface area contributed by atoms with Crippen molar-refractivity contribution in [3.63, 3.8) is 0 Å². The summed E-state index contributed by atoms with van der Waals surface area (Å²) in [6.07, 6.45) is 0. The van der Waals surface area contributed by atoms with Gasteiger partial charge in [-0.05, 0) is 58.4 Å². The Labute approximate surface area is 142 Å². The van der Waals surface area contributed by atoms with E-state index in [1.807, 2.05) is 12.1 Å². The molecular formula is C15H14BrCl2NS. The quantitative estimate of drug-likeness (QED) is 0.670. The second kappa shape index (κ2) is 7.71. The van der Waals surface area contributed by atoms with E-state index < -0.39 is 0 Å². The summed E-state index contributed by atoms with van der Waals surface area (Å²) in [5, 5.41) is 4.71. The van der Waals surface area contributed by atoms with Crippen LogP contribution >= 0.6 is 50.9 Å². The highest BCUT2D eigenvalue weighted by Crippen LogP contribution is 2.38. The van der Waals surface area contributed by atoms with Crippen molar-refractivity contribution in [2.45, 2.75) is 23.3 Å². The van der Waals surface area contributed by atoms with E-state index in [4.69, 9.17) is 23.2 Å². The molecule has 0 aliphatic rings. The van der Waals surface area contributed by atoms with E-state index in [0.29, 0.717) is 10.0 Å². The third-order valence-electron chi connectivity index (χ3n) is 2.69. The maximum absolute atomic E-state index is 6.19. The predicted molar refractivity (Wildman–Crippen MR) is 92.1 cm³/mol. The fraction of sp³-hybridized carbons (Fsp3) is 0.200. The van der Waals surface area contributed by atoms with Crippen molar-refractivity contribution in [1.29, 1.82) is 0 Å². The van der Waals surface area contributed by atoms with Gasteiger partial charge >= 0.3 is 0 Å². The Morgan fingerprint density at radius 1 is 1.10 bits per heavy atom. The van der Waals surface area contributed by atoms with E-state index in [-0.39, 0.29) is 0 Å². The van der Waals surface area contributed by atoms with Crippen molar-refractivity contribution in [2.75, 3.05) is 6.54 Å². The third kappa shape index (κ3) is 4.40. The number of hydrogen-bond donors (Lipinski definition) is 1. The van der Waals surface area contributed by atoms with Gasteiger partial charge in [0.1, 0.15) is 0 Å². The zero-order chi connectivity index (χ0) is 14.5. The van der Waals surface area contributed by atoms with Crippen LogP contribution in [0.15, 0.2) is 50.7 Å². The molecule has 0 saturated heterocycles. The highest BCUT2D eigenvalue weighted by molar-refractivity contribution is 9.10. The van der Waals surface area contributed by atoms with Gasteiger partial charge in [-0.1, -0.05) is 48.0 Å². The zero-order valence-corrected chi connectivity index (χ0v) is 14.8. The molecule has 0 heterocycles. The molecule has 106 valence electrons. The first-order valence-electron chi connectivity index (χ1n) is 6.22. The van der Waals surface area contributed by atoms with Crippen LogP contribution in [0.5, 0.6) is 0 Å². The van der Waals surface area contributed by atoms with Crippen molar-refractivity contribution in [2.24, 2.45) is 0 Å². The van der Waals surface area contributed by atoms with Gasteiger partial charge in [0.2, 0.25) is 0 Å². The first kappa shape index (κ1) is 16.2. The summed E-state index contributed by atoms with van der Waals surface area (Å²) < 4.78 is 1.06. The Bertz CT molecular complexity index is 604. The molecule has 1 nitrogen and oxygen atoms in total. The first-order valence-corrected chi connectivity index (χ1v) is 8.58. The molecule has 0 amide bonds. The van der Waals surface area contributed by atoms with Crippen LogP contribution in [-0.2, 0) is 6.54 Å². The molecule has 0 fully saturated rings. The Kier molecular flexibility index (Phi) is 6.24. The second-order valence-electron chi connectivity index (χ2n) is 4.22. The molecule has 0 saturated carbocycles. The summed E-state index contributed by atoms with van der Waals surface area (Å²) >= 11 is 17.4. The molecule has 0 unspecified atom stereocenters. The molecule has 2 rings (SSSR count). The van der Waals surface area contributed by atoms with Gasteiger partial charge in [0.15, 0.2) is 0 Å². The van der Waals surface area contributed by atoms with Crippen molar-refractivity contribution in [3.8, 4) is 0 Å². The van der Waals surface area contributed by atoms with Crippen LogP contribution < -0.4 is 5.32 Å². The van der Waals surface area contributed by atoms with Crippen LogP contribution in [0.25, 0.3) is 0 Å². The van der Waals surface area contributed by atoms with Crippen molar-refractivity contribution in [1.82, 2.24) is 5.32 Å². The van der Waals surface area contributed by atoms with Crippen LogP contribution in [-0.4, -0.2) is 6.54 Å². The van der Waals surface area contributed by atoms with Gasteiger partial charge in [-0.15, -0.1) is 0 Å². The minimum absolute atomic E-state index is 0.691. The smallest absolute Gasteiger partial charge is 0.0546 e. The summed E-state index contributed by atoms with van der Waals surface area (Å²) in [6, 6.07) is 11.8. The van der Waals surface area contributed by atoms with Gasteiger partial charge in [-0.3, -0.25) is 0 Å². The topological polar surface area (TPSA) is 12.0 Å². The summed E-state index contributed by atoms with van der Waals surface area (Å²) in [6.45, 7) is 3.94. The molecule has 0 radical (unpaired) electrons.